The Hall–Kier alpha value is -3.10. The smallest absolute Gasteiger partial charge is 0.215 e. The van der Waals surface area contributed by atoms with Crippen LogP contribution in [0.2, 0.25) is 0 Å². The van der Waals surface area contributed by atoms with E-state index in [9.17, 15) is 0 Å². The van der Waals surface area contributed by atoms with Gasteiger partial charge in [0.1, 0.15) is 12.3 Å². The second-order valence-electron chi connectivity index (χ2n) is 6.83. The summed E-state index contributed by atoms with van der Waals surface area (Å²) in [6.45, 7) is 4.31. The number of ether oxygens (including phenoxy) is 2. The molecule has 4 rings (SSSR count). The lowest BCUT2D eigenvalue weighted by Gasteiger charge is -2.29. The fraction of sp³-hybridized carbons (Fsp3) is 0.333. The van der Waals surface area contributed by atoms with E-state index >= 15 is 0 Å². The van der Waals surface area contributed by atoms with Gasteiger partial charge in [-0.3, -0.25) is 0 Å². The number of nitrogens with two attached hydrogens (primary N) is 1. The Bertz CT molecular complexity index is 994. The number of aromatic nitrogens is 2. The molecule has 0 aliphatic carbocycles. The Labute approximate surface area is 169 Å². The van der Waals surface area contributed by atoms with Gasteiger partial charge in [-0.1, -0.05) is 18.2 Å². The summed E-state index contributed by atoms with van der Waals surface area (Å²) in [6, 6.07) is 12.0. The highest BCUT2D eigenvalue weighted by atomic mass is 16.5. The Morgan fingerprint density at radius 2 is 2.14 bits per heavy atom. The molecular weight excluding hydrogens is 368 g/mol. The molecular formula is C21H26N6O2. The van der Waals surface area contributed by atoms with E-state index in [0.717, 1.165) is 41.8 Å². The first-order valence-electron chi connectivity index (χ1n) is 9.77. The Morgan fingerprint density at radius 3 is 2.93 bits per heavy atom. The molecule has 3 heterocycles. The number of hydrogen-bond donors (Lipinski definition) is 3. The number of morpholine rings is 1. The minimum absolute atomic E-state index is 0.525. The molecule has 2 aromatic heterocycles. The summed E-state index contributed by atoms with van der Waals surface area (Å²) in [6.07, 6.45) is 1.92. The van der Waals surface area contributed by atoms with Gasteiger partial charge in [-0.15, -0.1) is 0 Å². The SMILES string of the molecule is CNCCOc1cc(N2CCOCC2)cc(C(=NN)c2c[nH]c3ccccc23)n1. The summed E-state index contributed by atoms with van der Waals surface area (Å²) in [7, 11) is 1.89. The van der Waals surface area contributed by atoms with Gasteiger partial charge in [0, 0.05) is 54.1 Å². The highest BCUT2D eigenvalue weighted by molar-refractivity contribution is 6.18. The molecule has 1 aromatic carbocycles. The summed E-state index contributed by atoms with van der Waals surface area (Å²) >= 11 is 0. The molecule has 4 N–H and O–H groups in total. The molecule has 0 amide bonds. The first-order chi connectivity index (χ1) is 14.3. The number of fused-ring (bicyclic) bond motifs is 1. The summed E-state index contributed by atoms with van der Waals surface area (Å²) in [5.74, 6) is 6.39. The number of benzene rings is 1. The number of nitrogens with zero attached hydrogens (tertiary/aromatic N) is 3. The van der Waals surface area contributed by atoms with Gasteiger partial charge in [0.05, 0.1) is 18.9 Å². The summed E-state index contributed by atoms with van der Waals surface area (Å²) < 4.78 is 11.4. The van der Waals surface area contributed by atoms with E-state index in [1.807, 2.05) is 49.6 Å². The van der Waals surface area contributed by atoms with Crippen LogP contribution >= 0.6 is 0 Å². The zero-order valence-electron chi connectivity index (χ0n) is 16.5. The van der Waals surface area contributed by atoms with Crippen LogP contribution < -0.4 is 20.8 Å². The Kier molecular flexibility index (Phi) is 5.92. The van der Waals surface area contributed by atoms with Crippen molar-refractivity contribution >= 4 is 22.3 Å². The molecule has 0 saturated carbocycles. The van der Waals surface area contributed by atoms with Gasteiger partial charge in [-0.2, -0.15) is 5.10 Å². The topological polar surface area (TPSA) is 101 Å². The van der Waals surface area contributed by atoms with Gasteiger partial charge in [0.2, 0.25) is 5.88 Å². The lowest BCUT2D eigenvalue weighted by Crippen LogP contribution is -2.36. The maximum atomic E-state index is 5.88. The third-order valence-corrected chi connectivity index (χ3v) is 4.98. The summed E-state index contributed by atoms with van der Waals surface area (Å²) in [4.78, 5) is 10.2. The van der Waals surface area contributed by atoms with Gasteiger partial charge >= 0.3 is 0 Å². The fourth-order valence-electron chi connectivity index (χ4n) is 3.49. The van der Waals surface area contributed by atoms with Gasteiger partial charge in [0.25, 0.3) is 0 Å². The zero-order chi connectivity index (χ0) is 20.1. The van der Waals surface area contributed by atoms with Crippen molar-refractivity contribution in [2.24, 2.45) is 10.9 Å². The van der Waals surface area contributed by atoms with Crippen molar-refractivity contribution in [1.29, 1.82) is 0 Å². The number of aromatic amines is 1. The predicted octanol–water partition coefficient (Wildman–Crippen LogP) is 1.71. The van der Waals surface area contributed by atoms with Gasteiger partial charge in [-0.05, 0) is 19.2 Å². The van der Waals surface area contributed by atoms with Crippen LogP contribution in [-0.2, 0) is 4.74 Å². The van der Waals surface area contributed by atoms with Crippen LogP contribution in [0, 0.1) is 0 Å². The molecule has 1 aliphatic heterocycles. The maximum absolute atomic E-state index is 5.88. The molecule has 0 radical (unpaired) electrons. The van der Waals surface area contributed by atoms with Crippen LogP contribution in [0.25, 0.3) is 10.9 Å². The number of para-hydroxylation sites is 1. The fourth-order valence-corrected chi connectivity index (χ4v) is 3.49. The second-order valence-corrected chi connectivity index (χ2v) is 6.83. The summed E-state index contributed by atoms with van der Waals surface area (Å²) in [5, 5.41) is 8.23. The van der Waals surface area contributed by atoms with Gasteiger partial charge in [-0.25, -0.2) is 4.98 Å². The van der Waals surface area contributed by atoms with E-state index in [4.69, 9.17) is 20.3 Å². The summed E-state index contributed by atoms with van der Waals surface area (Å²) in [5.41, 5.74) is 4.27. The molecule has 1 aliphatic rings. The minimum Gasteiger partial charge on any atom is -0.476 e. The lowest BCUT2D eigenvalue weighted by molar-refractivity contribution is 0.122. The molecule has 8 heteroatoms. The number of hydrogen-bond acceptors (Lipinski definition) is 7. The van der Waals surface area contributed by atoms with Crippen molar-refractivity contribution in [3.63, 3.8) is 0 Å². The highest BCUT2D eigenvalue weighted by Crippen LogP contribution is 2.26. The second kappa shape index (κ2) is 8.93. The average Bonchev–Trinajstić information content (AvgIpc) is 3.19. The number of pyridine rings is 1. The lowest BCUT2D eigenvalue weighted by atomic mass is 10.1. The van der Waals surface area contributed by atoms with Crippen LogP contribution in [-0.4, -0.2) is 62.2 Å². The van der Waals surface area contributed by atoms with Gasteiger partial charge in [0.15, 0.2) is 0 Å². The molecule has 0 atom stereocenters. The first-order valence-corrected chi connectivity index (χ1v) is 9.77. The molecule has 1 saturated heterocycles. The molecule has 0 spiro atoms. The van der Waals surface area contributed by atoms with Crippen LogP contribution in [0.3, 0.4) is 0 Å². The molecule has 1 fully saturated rings. The van der Waals surface area contributed by atoms with Crippen molar-refractivity contribution in [2.45, 2.75) is 0 Å². The van der Waals surface area contributed by atoms with E-state index in [1.165, 1.54) is 0 Å². The van der Waals surface area contributed by atoms with E-state index in [-0.39, 0.29) is 0 Å². The number of H-pyrrole nitrogens is 1. The largest absolute Gasteiger partial charge is 0.476 e. The van der Waals surface area contributed by atoms with Crippen molar-refractivity contribution in [1.82, 2.24) is 15.3 Å². The first kappa shape index (κ1) is 19.2. The quantitative estimate of drug-likeness (QED) is 0.244. The monoisotopic (exact) mass is 394 g/mol. The Balaban J connectivity index is 1.74. The molecule has 152 valence electrons. The number of nitrogens with one attached hydrogen (secondary N) is 2. The van der Waals surface area contributed by atoms with Crippen molar-refractivity contribution in [3.8, 4) is 5.88 Å². The number of hydrazone groups is 1. The van der Waals surface area contributed by atoms with Gasteiger partial charge < -0.3 is 30.5 Å². The predicted molar refractivity (Wildman–Crippen MR) is 115 cm³/mol. The van der Waals surface area contributed by atoms with Crippen molar-refractivity contribution in [3.05, 3.63) is 53.9 Å². The van der Waals surface area contributed by atoms with Crippen LogP contribution in [0.4, 0.5) is 5.69 Å². The van der Waals surface area contributed by atoms with E-state index in [1.54, 1.807) is 0 Å². The van der Waals surface area contributed by atoms with Crippen LogP contribution in [0.15, 0.2) is 47.7 Å². The zero-order valence-corrected chi connectivity index (χ0v) is 16.5. The van der Waals surface area contributed by atoms with E-state index in [2.05, 4.69) is 20.3 Å². The maximum Gasteiger partial charge on any atom is 0.215 e. The number of rotatable bonds is 7. The average molecular weight is 394 g/mol. The minimum atomic E-state index is 0.525. The third-order valence-electron chi connectivity index (χ3n) is 4.98. The molecule has 0 bridgehead atoms. The van der Waals surface area contributed by atoms with E-state index in [0.29, 0.717) is 37.1 Å². The molecule has 8 nitrogen and oxygen atoms in total. The molecule has 29 heavy (non-hydrogen) atoms. The third kappa shape index (κ3) is 4.18. The Morgan fingerprint density at radius 1 is 1.31 bits per heavy atom. The normalized spacial score (nSPS) is 15.1. The number of likely N-dealkylation sites (N-methyl/N-ethyl adjacent to an activating group) is 1. The molecule has 3 aromatic rings. The standard InChI is InChI=1S/C21H26N6O2/c1-23-6-9-29-20-13-15(27-7-10-28-11-8-27)12-19(25-20)21(26-22)17-14-24-18-5-3-2-4-16(17)18/h2-5,12-14,23-24H,6-11,22H2,1H3. The van der Waals surface area contributed by atoms with E-state index < -0.39 is 0 Å². The van der Waals surface area contributed by atoms with Crippen LogP contribution in [0.1, 0.15) is 11.3 Å². The van der Waals surface area contributed by atoms with Crippen molar-refractivity contribution < 1.29 is 9.47 Å². The highest BCUT2D eigenvalue weighted by Gasteiger charge is 2.19. The molecule has 0 unspecified atom stereocenters. The number of anilines is 1. The van der Waals surface area contributed by atoms with Crippen molar-refractivity contribution in [2.75, 3.05) is 51.4 Å². The van der Waals surface area contributed by atoms with Crippen LogP contribution in [0.5, 0.6) is 5.88 Å².